The molecule has 0 unspecified atom stereocenters. The van der Waals surface area contributed by atoms with Gasteiger partial charge in [-0.1, -0.05) is 23.2 Å². The molecule has 0 bridgehead atoms. The Bertz CT molecular complexity index is 552. The maximum atomic E-state index is 11.9. The van der Waals surface area contributed by atoms with Crippen LogP contribution in [-0.4, -0.2) is 33.5 Å². The third-order valence-corrected chi connectivity index (χ3v) is 4.94. The lowest BCUT2D eigenvalue weighted by Crippen LogP contribution is -2.47. The number of amides is 1. The fourth-order valence-corrected chi connectivity index (χ4v) is 2.56. The number of hydrogen-bond acceptors (Lipinski definition) is 4. The van der Waals surface area contributed by atoms with Crippen molar-refractivity contribution in [3.05, 3.63) is 28.2 Å². The van der Waals surface area contributed by atoms with Crippen molar-refractivity contribution in [1.29, 1.82) is 0 Å². The molecule has 0 aromatic heterocycles. The Morgan fingerprint density at radius 3 is 2.52 bits per heavy atom. The van der Waals surface area contributed by atoms with Gasteiger partial charge in [-0.05, 0) is 32.0 Å². The average Bonchev–Trinajstić information content (AvgIpc) is 2.40. The van der Waals surface area contributed by atoms with Crippen molar-refractivity contribution in [2.45, 2.75) is 24.6 Å². The predicted molar refractivity (Wildman–Crippen MR) is 87.2 cm³/mol. The number of carboxylic acids is 1. The van der Waals surface area contributed by atoms with Crippen LogP contribution in [0.3, 0.4) is 0 Å². The zero-order valence-corrected chi connectivity index (χ0v) is 13.9. The topological polar surface area (TPSA) is 92.4 Å². The quantitative estimate of drug-likeness (QED) is 0.733. The van der Waals surface area contributed by atoms with Crippen LogP contribution in [0.15, 0.2) is 18.2 Å². The number of thioether (sulfide) groups is 1. The number of aliphatic carboxylic acids is 1. The van der Waals surface area contributed by atoms with E-state index in [-0.39, 0.29) is 11.7 Å². The Hall–Kier alpha value is -0.950. The molecule has 0 aliphatic heterocycles. The summed E-state index contributed by atoms with van der Waals surface area (Å²) in [6.07, 6.45) is 0. The molecule has 8 heteroatoms. The first kappa shape index (κ1) is 18.1. The Balaban J connectivity index is 2.58. The molecule has 1 aromatic rings. The summed E-state index contributed by atoms with van der Waals surface area (Å²) in [7, 11) is 0. The molecule has 116 valence electrons. The first-order valence-corrected chi connectivity index (χ1v) is 7.75. The lowest BCUT2D eigenvalue weighted by Gasteiger charge is -2.27. The average molecular weight is 351 g/mol. The van der Waals surface area contributed by atoms with Gasteiger partial charge in [-0.3, -0.25) is 9.59 Å². The van der Waals surface area contributed by atoms with Crippen molar-refractivity contribution < 1.29 is 14.7 Å². The number of rotatable bonds is 6. The van der Waals surface area contributed by atoms with Crippen LogP contribution in [0.25, 0.3) is 0 Å². The normalized spacial score (nSPS) is 12.8. The fourth-order valence-electron chi connectivity index (χ4n) is 1.41. The summed E-state index contributed by atoms with van der Waals surface area (Å²) in [6, 6.07) is 3.70. The third kappa shape index (κ3) is 5.39. The first-order valence-electron chi connectivity index (χ1n) is 6.00. The number of halogens is 2. The maximum absolute atomic E-state index is 11.9. The van der Waals surface area contributed by atoms with Crippen molar-refractivity contribution in [2.24, 2.45) is 5.73 Å². The minimum Gasteiger partial charge on any atom is -0.480 e. The molecule has 0 saturated heterocycles. The summed E-state index contributed by atoms with van der Waals surface area (Å²) in [4.78, 5) is 22.7. The molecule has 4 N–H and O–H groups in total. The van der Waals surface area contributed by atoms with Gasteiger partial charge in [0.25, 0.3) is 0 Å². The molecule has 0 heterocycles. The van der Waals surface area contributed by atoms with E-state index in [1.807, 2.05) is 0 Å². The highest BCUT2D eigenvalue weighted by Crippen LogP contribution is 2.28. The van der Waals surface area contributed by atoms with Gasteiger partial charge in [0.05, 0.1) is 15.8 Å². The van der Waals surface area contributed by atoms with E-state index >= 15 is 0 Å². The van der Waals surface area contributed by atoms with E-state index in [0.29, 0.717) is 15.7 Å². The van der Waals surface area contributed by atoms with Gasteiger partial charge in [-0.2, -0.15) is 0 Å². The molecule has 0 radical (unpaired) electrons. The summed E-state index contributed by atoms with van der Waals surface area (Å²) in [6.45, 7) is 3.37. The van der Waals surface area contributed by atoms with Crippen molar-refractivity contribution in [3.63, 3.8) is 0 Å². The molecule has 1 aromatic carbocycles. The summed E-state index contributed by atoms with van der Waals surface area (Å²) in [5, 5.41) is 12.3. The Labute approximate surface area is 137 Å². The molecule has 0 aliphatic carbocycles. The van der Waals surface area contributed by atoms with Crippen LogP contribution in [0.2, 0.25) is 10.0 Å². The highest BCUT2D eigenvalue weighted by Gasteiger charge is 2.33. The highest BCUT2D eigenvalue weighted by atomic mass is 35.5. The predicted octanol–water partition coefficient (Wildman–Crippen LogP) is 2.86. The number of anilines is 1. The molecule has 0 aliphatic rings. The number of hydrogen-bond donors (Lipinski definition) is 3. The minimum atomic E-state index is -1.10. The van der Waals surface area contributed by atoms with Crippen molar-refractivity contribution in [3.8, 4) is 0 Å². The molecule has 0 fully saturated rings. The van der Waals surface area contributed by atoms with Crippen LogP contribution in [0, 0.1) is 0 Å². The minimum absolute atomic E-state index is 0.0776. The smallest absolute Gasteiger partial charge is 0.321 e. The van der Waals surface area contributed by atoms with Crippen molar-refractivity contribution >= 4 is 52.5 Å². The van der Waals surface area contributed by atoms with Gasteiger partial charge in [0.15, 0.2) is 0 Å². The molecule has 0 saturated carbocycles. The van der Waals surface area contributed by atoms with Gasteiger partial charge in [-0.15, -0.1) is 11.8 Å². The van der Waals surface area contributed by atoms with E-state index in [9.17, 15) is 9.59 Å². The van der Waals surface area contributed by atoms with Crippen LogP contribution in [0.1, 0.15) is 13.8 Å². The second-order valence-corrected chi connectivity index (χ2v) is 7.33. The van der Waals surface area contributed by atoms with Crippen LogP contribution < -0.4 is 11.1 Å². The number of nitrogens with one attached hydrogen (secondary N) is 1. The van der Waals surface area contributed by atoms with Gasteiger partial charge in [0, 0.05) is 10.4 Å². The molecule has 1 rings (SSSR count). The highest BCUT2D eigenvalue weighted by molar-refractivity contribution is 8.01. The van der Waals surface area contributed by atoms with Gasteiger partial charge in [0.1, 0.15) is 6.04 Å². The van der Waals surface area contributed by atoms with E-state index in [2.05, 4.69) is 5.32 Å². The molecular formula is C13H16Cl2N2O3S. The van der Waals surface area contributed by atoms with Gasteiger partial charge in [0.2, 0.25) is 5.91 Å². The Morgan fingerprint density at radius 2 is 2.00 bits per heavy atom. The van der Waals surface area contributed by atoms with E-state index in [0.717, 1.165) is 0 Å². The zero-order valence-electron chi connectivity index (χ0n) is 11.5. The number of carbonyl (C=O) groups is 2. The number of carbonyl (C=O) groups excluding carboxylic acids is 1. The summed E-state index contributed by atoms with van der Waals surface area (Å²) in [5.41, 5.74) is 6.11. The Morgan fingerprint density at radius 1 is 1.38 bits per heavy atom. The summed E-state index contributed by atoms with van der Waals surface area (Å²) < 4.78 is -0.763. The zero-order chi connectivity index (χ0) is 16.2. The van der Waals surface area contributed by atoms with Crippen molar-refractivity contribution in [2.75, 3.05) is 11.1 Å². The first-order chi connectivity index (χ1) is 9.63. The molecule has 0 spiro atoms. The van der Waals surface area contributed by atoms with E-state index < -0.39 is 16.8 Å². The van der Waals surface area contributed by atoms with Crippen LogP contribution in [-0.2, 0) is 9.59 Å². The lowest BCUT2D eigenvalue weighted by molar-refractivity contribution is -0.139. The SMILES string of the molecule is CC(C)(SCC(=O)Nc1ccc(Cl)c(Cl)c1)[C@H](N)C(=O)O. The van der Waals surface area contributed by atoms with Gasteiger partial charge >= 0.3 is 5.97 Å². The maximum Gasteiger partial charge on any atom is 0.321 e. The molecule has 21 heavy (non-hydrogen) atoms. The van der Waals surface area contributed by atoms with E-state index in [1.54, 1.807) is 32.0 Å². The second kappa shape index (κ2) is 7.35. The van der Waals surface area contributed by atoms with Crippen LogP contribution in [0.5, 0.6) is 0 Å². The monoisotopic (exact) mass is 350 g/mol. The number of carboxylic acid groups (broad SMARTS) is 1. The fraction of sp³-hybridized carbons (Fsp3) is 0.385. The summed E-state index contributed by atoms with van der Waals surface area (Å²) >= 11 is 12.8. The molecule has 1 amide bonds. The van der Waals surface area contributed by atoms with Gasteiger partial charge in [-0.25, -0.2) is 0 Å². The van der Waals surface area contributed by atoms with Crippen molar-refractivity contribution in [1.82, 2.24) is 0 Å². The van der Waals surface area contributed by atoms with Crippen LogP contribution in [0.4, 0.5) is 5.69 Å². The van der Waals surface area contributed by atoms with E-state index in [4.69, 9.17) is 34.0 Å². The number of nitrogens with two attached hydrogens (primary N) is 1. The largest absolute Gasteiger partial charge is 0.480 e. The summed E-state index contributed by atoms with van der Waals surface area (Å²) in [5.74, 6) is -1.30. The molecule has 5 nitrogen and oxygen atoms in total. The van der Waals surface area contributed by atoms with Crippen LogP contribution >= 0.6 is 35.0 Å². The molecule has 1 atom stereocenters. The van der Waals surface area contributed by atoms with Gasteiger partial charge < -0.3 is 16.2 Å². The third-order valence-electron chi connectivity index (χ3n) is 2.79. The number of benzene rings is 1. The second-order valence-electron chi connectivity index (χ2n) is 4.89. The standard InChI is InChI=1S/C13H16Cl2N2O3S/c1-13(2,11(16)12(19)20)21-6-10(18)17-7-3-4-8(14)9(15)5-7/h3-5,11H,6,16H2,1-2H3,(H,17,18)(H,19,20)/t11-/m1/s1. The van der Waals surface area contributed by atoms with E-state index in [1.165, 1.54) is 11.8 Å². The Kier molecular flexibility index (Phi) is 6.34. The molecular weight excluding hydrogens is 335 g/mol. The lowest BCUT2D eigenvalue weighted by atomic mass is 10.1.